The molecule has 0 saturated heterocycles. The molecule has 0 spiro atoms. The van der Waals surface area contributed by atoms with Crippen molar-refractivity contribution in [2.24, 2.45) is 0 Å². The number of rotatable bonds is 5. The quantitative estimate of drug-likeness (QED) is 0.411. The summed E-state index contributed by atoms with van der Waals surface area (Å²) in [4.78, 5) is 12.0. The van der Waals surface area contributed by atoms with Crippen LogP contribution in [0.2, 0.25) is 0 Å². The molecule has 4 nitrogen and oxygen atoms in total. The molecule has 0 saturated carbocycles. The molecular formula is C18H12F5N3O. The zero-order chi connectivity index (χ0) is 19.6. The molecule has 0 aliphatic rings. The summed E-state index contributed by atoms with van der Waals surface area (Å²) in [6.45, 7) is 0.461. The molecule has 3 aromatic rings. The molecule has 1 N–H and O–H groups in total. The summed E-state index contributed by atoms with van der Waals surface area (Å²) >= 11 is 0. The lowest BCUT2D eigenvalue weighted by Gasteiger charge is -2.08. The fraction of sp³-hybridized carbons (Fsp3) is 0.111. The van der Waals surface area contributed by atoms with E-state index in [2.05, 4.69) is 10.4 Å². The van der Waals surface area contributed by atoms with Gasteiger partial charge in [-0.25, -0.2) is 22.0 Å². The van der Waals surface area contributed by atoms with Gasteiger partial charge in [-0.05, 0) is 12.0 Å². The number of aromatic nitrogens is 2. The van der Waals surface area contributed by atoms with Crippen molar-refractivity contribution in [1.29, 1.82) is 0 Å². The van der Waals surface area contributed by atoms with Crippen molar-refractivity contribution >= 4 is 11.6 Å². The van der Waals surface area contributed by atoms with Gasteiger partial charge in [0.2, 0.25) is 5.82 Å². The number of aryl methyl sites for hydroxylation is 2. The van der Waals surface area contributed by atoms with E-state index >= 15 is 0 Å². The van der Waals surface area contributed by atoms with Gasteiger partial charge >= 0.3 is 0 Å². The second-order valence-electron chi connectivity index (χ2n) is 5.63. The van der Waals surface area contributed by atoms with Crippen molar-refractivity contribution in [3.63, 3.8) is 0 Å². The van der Waals surface area contributed by atoms with Crippen LogP contribution in [0.25, 0.3) is 0 Å². The summed E-state index contributed by atoms with van der Waals surface area (Å²) < 4.78 is 68.3. The number of hydrogen-bond donors (Lipinski definition) is 1. The van der Waals surface area contributed by atoms with Gasteiger partial charge in [0.25, 0.3) is 5.91 Å². The Kier molecular flexibility index (Phi) is 5.20. The Bertz CT molecular complexity index is 959. The molecular weight excluding hydrogens is 369 g/mol. The van der Waals surface area contributed by atoms with Crippen LogP contribution in [0.5, 0.6) is 0 Å². The number of amides is 1. The van der Waals surface area contributed by atoms with Crippen molar-refractivity contribution in [1.82, 2.24) is 9.78 Å². The van der Waals surface area contributed by atoms with Crippen molar-refractivity contribution in [2.75, 3.05) is 5.32 Å². The summed E-state index contributed by atoms with van der Waals surface area (Å²) in [6.07, 6.45) is 3.23. The first-order valence-corrected chi connectivity index (χ1v) is 7.77. The second kappa shape index (κ2) is 7.56. The third-order valence-corrected chi connectivity index (χ3v) is 3.80. The molecule has 0 aliphatic heterocycles. The monoisotopic (exact) mass is 381 g/mol. The maximum atomic E-state index is 13.7. The molecule has 0 bridgehead atoms. The molecule has 27 heavy (non-hydrogen) atoms. The van der Waals surface area contributed by atoms with Crippen molar-refractivity contribution < 1.29 is 26.7 Å². The van der Waals surface area contributed by atoms with Gasteiger partial charge in [-0.1, -0.05) is 30.3 Å². The fourth-order valence-corrected chi connectivity index (χ4v) is 2.44. The minimum atomic E-state index is -2.32. The molecule has 2 aromatic carbocycles. The van der Waals surface area contributed by atoms with E-state index in [1.54, 1.807) is 0 Å². The number of carbonyl (C=O) groups is 1. The lowest BCUT2D eigenvalue weighted by atomic mass is 10.1. The Morgan fingerprint density at radius 2 is 1.52 bits per heavy atom. The third-order valence-electron chi connectivity index (χ3n) is 3.80. The van der Waals surface area contributed by atoms with Crippen LogP contribution in [0.15, 0.2) is 42.7 Å². The van der Waals surface area contributed by atoms with Crippen LogP contribution in [-0.2, 0) is 13.0 Å². The standard InChI is InChI=1S/C18H12F5N3O/c19-13-12(14(20)16(22)17(23)15(13)21)18(27)25-11-8-24-26(9-11)7-6-10-4-2-1-3-5-10/h1-5,8-9H,6-7H2,(H,25,27). The van der Waals surface area contributed by atoms with Gasteiger partial charge in [0.05, 0.1) is 11.9 Å². The van der Waals surface area contributed by atoms with Crippen LogP contribution < -0.4 is 5.32 Å². The Labute approximate surface area is 150 Å². The molecule has 3 rings (SSSR count). The Hall–Kier alpha value is -3.23. The summed E-state index contributed by atoms with van der Waals surface area (Å²) in [5, 5.41) is 6.05. The SMILES string of the molecule is O=C(Nc1cnn(CCc2ccccc2)c1)c1c(F)c(F)c(F)c(F)c1F. The highest BCUT2D eigenvalue weighted by Crippen LogP contribution is 2.24. The highest BCUT2D eigenvalue weighted by atomic mass is 19.2. The molecule has 0 radical (unpaired) electrons. The van der Waals surface area contributed by atoms with Crippen LogP contribution in [0.3, 0.4) is 0 Å². The number of halogens is 5. The van der Waals surface area contributed by atoms with Crippen LogP contribution in [0, 0.1) is 29.1 Å². The molecule has 1 heterocycles. The molecule has 0 atom stereocenters. The minimum absolute atomic E-state index is 0.0528. The highest BCUT2D eigenvalue weighted by molar-refractivity contribution is 6.04. The number of nitrogens with one attached hydrogen (secondary N) is 1. The zero-order valence-corrected chi connectivity index (χ0v) is 13.6. The second-order valence-corrected chi connectivity index (χ2v) is 5.63. The van der Waals surface area contributed by atoms with Gasteiger partial charge in [-0.15, -0.1) is 0 Å². The molecule has 0 unspecified atom stereocenters. The lowest BCUT2D eigenvalue weighted by Crippen LogP contribution is -2.19. The van der Waals surface area contributed by atoms with Gasteiger partial charge in [-0.2, -0.15) is 5.10 Å². The van der Waals surface area contributed by atoms with Gasteiger partial charge < -0.3 is 5.32 Å². The first kappa shape index (κ1) is 18.6. The van der Waals surface area contributed by atoms with Gasteiger partial charge in [0.15, 0.2) is 23.3 Å². The average molecular weight is 381 g/mol. The molecule has 0 fully saturated rings. The van der Waals surface area contributed by atoms with E-state index in [1.807, 2.05) is 30.3 Å². The molecule has 9 heteroatoms. The molecule has 1 aromatic heterocycles. The summed E-state index contributed by atoms with van der Waals surface area (Å²) in [7, 11) is 0. The summed E-state index contributed by atoms with van der Waals surface area (Å²) in [6, 6.07) is 9.50. The maximum absolute atomic E-state index is 13.7. The smallest absolute Gasteiger partial charge is 0.261 e. The van der Waals surface area contributed by atoms with Gasteiger partial charge in [0.1, 0.15) is 5.56 Å². The minimum Gasteiger partial charge on any atom is -0.319 e. The number of benzene rings is 2. The number of hydrogen-bond acceptors (Lipinski definition) is 2. The van der Waals surface area contributed by atoms with Crippen molar-refractivity contribution in [3.05, 3.63) is 82.9 Å². The zero-order valence-electron chi connectivity index (χ0n) is 13.6. The van der Waals surface area contributed by atoms with E-state index in [4.69, 9.17) is 0 Å². The largest absolute Gasteiger partial charge is 0.319 e. The number of nitrogens with zero attached hydrogens (tertiary/aromatic N) is 2. The van der Waals surface area contributed by atoms with E-state index in [1.165, 1.54) is 17.1 Å². The Morgan fingerprint density at radius 1 is 0.926 bits per heavy atom. The average Bonchev–Trinajstić information content (AvgIpc) is 3.11. The fourth-order valence-electron chi connectivity index (χ4n) is 2.44. The van der Waals surface area contributed by atoms with Gasteiger partial charge in [0, 0.05) is 12.7 Å². The molecule has 140 valence electrons. The third kappa shape index (κ3) is 3.81. The van der Waals surface area contributed by atoms with Crippen molar-refractivity contribution in [3.8, 4) is 0 Å². The van der Waals surface area contributed by atoms with Crippen LogP contribution in [-0.4, -0.2) is 15.7 Å². The molecule has 0 aliphatic carbocycles. The topological polar surface area (TPSA) is 46.9 Å². The summed E-state index contributed by atoms with van der Waals surface area (Å²) in [5.41, 5.74) is -0.444. The van der Waals surface area contributed by atoms with E-state index in [-0.39, 0.29) is 5.69 Å². The summed E-state index contributed by atoms with van der Waals surface area (Å²) in [5.74, 6) is -12.5. The van der Waals surface area contributed by atoms with Gasteiger partial charge in [-0.3, -0.25) is 9.48 Å². The Balaban J connectivity index is 1.73. The predicted molar refractivity (Wildman–Crippen MR) is 86.6 cm³/mol. The van der Waals surface area contributed by atoms with E-state index < -0.39 is 40.6 Å². The van der Waals surface area contributed by atoms with Crippen LogP contribution >= 0.6 is 0 Å². The first-order chi connectivity index (χ1) is 12.9. The van der Waals surface area contributed by atoms with Crippen LogP contribution in [0.1, 0.15) is 15.9 Å². The lowest BCUT2D eigenvalue weighted by molar-refractivity contribution is 0.101. The van der Waals surface area contributed by atoms with Crippen LogP contribution in [0.4, 0.5) is 27.6 Å². The predicted octanol–water partition coefficient (Wildman–Crippen LogP) is 4.07. The maximum Gasteiger partial charge on any atom is 0.261 e. The first-order valence-electron chi connectivity index (χ1n) is 7.77. The van der Waals surface area contributed by atoms with E-state index in [0.717, 1.165) is 5.56 Å². The van der Waals surface area contributed by atoms with Crippen molar-refractivity contribution in [2.45, 2.75) is 13.0 Å². The Morgan fingerprint density at radius 3 is 2.15 bits per heavy atom. The molecule has 1 amide bonds. The number of anilines is 1. The highest BCUT2D eigenvalue weighted by Gasteiger charge is 2.29. The van der Waals surface area contributed by atoms with E-state index in [0.29, 0.717) is 13.0 Å². The number of carbonyl (C=O) groups excluding carboxylic acids is 1. The normalized spacial score (nSPS) is 10.9. The van der Waals surface area contributed by atoms with E-state index in [9.17, 15) is 26.7 Å².